The summed E-state index contributed by atoms with van der Waals surface area (Å²) < 4.78 is 2.50. The molecule has 182 valence electrons. The molecule has 0 radical (unpaired) electrons. The van der Waals surface area contributed by atoms with Crippen LogP contribution in [0.25, 0.3) is 27.6 Å². The normalized spacial score (nSPS) is 20.0. The Hall–Kier alpha value is -3.11. The third kappa shape index (κ3) is 4.36. The molecular weight excluding hydrogens is 508 g/mol. The van der Waals surface area contributed by atoms with E-state index in [0.29, 0.717) is 22.7 Å². The second-order valence-corrected chi connectivity index (χ2v) is 10.4. The Morgan fingerprint density at radius 3 is 2.94 bits per heavy atom. The van der Waals surface area contributed by atoms with Crippen LogP contribution in [-0.2, 0) is 11.2 Å². The average Bonchev–Trinajstić information content (AvgIpc) is 3.38. The van der Waals surface area contributed by atoms with Crippen LogP contribution in [0.3, 0.4) is 0 Å². The molecule has 3 heterocycles. The van der Waals surface area contributed by atoms with Gasteiger partial charge < -0.3 is 16.0 Å². The van der Waals surface area contributed by atoms with Crippen LogP contribution in [0, 0.1) is 5.41 Å². The first-order valence-electron chi connectivity index (χ1n) is 11.8. The van der Waals surface area contributed by atoms with Crippen molar-refractivity contribution >= 4 is 49.7 Å². The number of nitrogens with zero attached hydrogens (tertiary/aromatic N) is 6. The van der Waals surface area contributed by atoms with Gasteiger partial charge in [0.05, 0.1) is 16.6 Å². The van der Waals surface area contributed by atoms with Crippen LogP contribution in [0.5, 0.6) is 0 Å². The van der Waals surface area contributed by atoms with Gasteiger partial charge in [0.25, 0.3) is 0 Å². The Balaban J connectivity index is 1.50. The summed E-state index contributed by atoms with van der Waals surface area (Å²) in [5, 5.41) is 10.0. The summed E-state index contributed by atoms with van der Waals surface area (Å²) in [6.45, 7) is 2.58. The lowest BCUT2D eigenvalue weighted by Crippen LogP contribution is -2.37. The molecule has 0 bridgehead atoms. The molecule has 3 aromatic heterocycles. The fraction of sp³-hybridized carbons (Fsp3) is 0.400. The van der Waals surface area contributed by atoms with E-state index in [1.54, 1.807) is 17.3 Å². The number of nitrogens with two attached hydrogens (primary N) is 1. The first-order valence-corrected chi connectivity index (χ1v) is 12.6. The fourth-order valence-electron chi connectivity index (χ4n) is 5.12. The van der Waals surface area contributed by atoms with E-state index in [1.807, 2.05) is 37.8 Å². The molecule has 1 aliphatic rings. The molecule has 0 unspecified atom stereocenters. The number of carbonyl (C=O) groups is 1. The van der Waals surface area contributed by atoms with E-state index in [0.717, 1.165) is 53.2 Å². The molecule has 3 N–H and O–H groups in total. The van der Waals surface area contributed by atoms with E-state index in [1.165, 1.54) is 0 Å². The standard InChI is InChI=1S/C25H29BrN8O/c1-25(23(35)33(2)3)8-6-17(13-25)30-24-29-14-19-21(26)32-34(22(19)31-24)18-11-15-5-4-10-28-20(15)16(12-18)7-9-27/h4-5,10-12,14,17H,6-9,13,27H2,1-3H3,(H,29,30,31)/t17-,25-/m1/s1. The monoisotopic (exact) mass is 536 g/mol. The first-order chi connectivity index (χ1) is 16.8. The molecular formula is C25H29BrN8O. The summed E-state index contributed by atoms with van der Waals surface area (Å²) in [5.41, 5.74) is 9.12. The van der Waals surface area contributed by atoms with E-state index < -0.39 is 0 Å². The van der Waals surface area contributed by atoms with Crippen LogP contribution in [0.4, 0.5) is 5.95 Å². The molecule has 4 aromatic rings. The molecule has 0 aliphatic heterocycles. The highest BCUT2D eigenvalue weighted by molar-refractivity contribution is 9.10. The van der Waals surface area contributed by atoms with Crippen LogP contribution in [0.15, 0.2) is 41.3 Å². The van der Waals surface area contributed by atoms with Gasteiger partial charge in [0.2, 0.25) is 11.9 Å². The van der Waals surface area contributed by atoms with Crippen molar-refractivity contribution < 1.29 is 4.79 Å². The molecule has 10 heteroatoms. The summed E-state index contributed by atoms with van der Waals surface area (Å²) in [6, 6.07) is 8.23. The number of pyridine rings is 1. The summed E-state index contributed by atoms with van der Waals surface area (Å²) in [6.07, 6.45) is 6.76. The second kappa shape index (κ2) is 9.16. The number of rotatable bonds is 6. The molecule has 1 aromatic carbocycles. The zero-order valence-electron chi connectivity index (χ0n) is 20.1. The van der Waals surface area contributed by atoms with Crippen molar-refractivity contribution in [2.24, 2.45) is 11.1 Å². The number of amides is 1. The van der Waals surface area contributed by atoms with Crippen molar-refractivity contribution in [1.82, 2.24) is 29.6 Å². The minimum atomic E-state index is -0.366. The molecule has 1 amide bonds. The van der Waals surface area contributed by atoms with Crippen LogP contribution in [-0.4, -0.2) is 62.2 Å². The zero-order chi connectivity index (χ0) is 24.7. The van der Waals surface area contributed by atoms with E-state index in [-0.39, 0.29) is 17.4 Å². The lowest BCUT2D eigenvalue weighted by Gasteiger charge is -2.26. The van der Waals surface area contributed by atoms with Crippen LogP contribution < -0.4 is 11.1 Å². The smallest absolute Gasteiger partial charge is 0.228 e. The van der Waals surface area contributed by atoms with Gasteiger partial charge in [-0.25, -0.2) is 9.67 Å². The first kappa shape index (κ1) is 23.6. The minimum Gasteiger partial charge on any atom is -0.351 e. The molecule has 1 fully saturated rings. The Labute approximate surface area is 212 Å². The largest absolute Gasteiger partial charge is 0.351 e. The van der Waals surface area contributed by atoms with Gasteiger partial charge in [-0.15, -0.1) is 0 Å². The molecule has 35 heavy (non-hydrogen) atoms. The van der Waals surface area contributed by atoms with Gasteiger partial charge in [-0.1, -0.05) is 13.0 Å². The van der Waals surface area contributed by atoms with Crippen LogP contribution in [0.1, 0.15) is 31.7 Å². The average molecular weight is 537 g/mol. The number of benzene rings is 1. The van der Waals surface area contributed by atoms with E-state index in [2.05, 4.69) is 43.3 Å². The highest BCUT2D eigenvalue weighted by Crippen LogP contribution is 2.40. The number of hydrogen-bond acceptors (Lipinski definition) is 7. The Bertz CT molecular complexity index is 1420. The van der Waals surface area contributed by atoms with Gasteiger partial charge in [-0.05, 0) is 71.9 Å². The highest BCUT2D eigenvalue weighted by Gasteiger charge is 2.42. The van der Waals surface area contributed by atoms with Gasteiger partial charge in [-0.3, -0.25) is 9.78 Å². The number of hydrogen-bond donors (Lipinski definition) is 2. The predicted molar refractivity (Wildman–Crippen MR) is 140 cm³/mol. The fourth-order valence-corrected chi connectivity index (χ4v) is 5.56. The van der Waals surface area contributed by atoms with Crippen molar-refractivity contribution in [1.29, 1.82) is 0 Å². The van der Waals surface area contributed by atoms with E-state index >= 15 is 0 Å². The maximum atomic E-state index is 12.6. The van der Waals surface area contributed by atoms with Crippen molar-refractivity contribution in [3.05, 3.63) is 46.8 Å². The predicted octanol–water partition coefficient (Wildman–Crippen LogP) is 3.69. The lowest BCUT2D eigenvalue weighted by atomic mass is 9.87. The van der Waals surface area contributed by atoms with Gasteiger partial charge in [0.15, 0.2) is 5.65 Å². The third-order valence-electron chi connectivity index (χ3n) is 6.80. The van der Waals surface area contributed by atoms with Crippen molar-refractivity contribution in [2.45, 2.75) is 38.6 Å². The molecule has 0 spiro atoms. The molecule has 5 rings (SSSR count). The third-order valence-corrected chi connectivity index (χ3v) is 7.39. The quantitative estimate of drug-likeness (QED) is 0.386. The van der Waals surface area contributed by atoms with Gasteiger partial charge in [-0.2, -0.15) is 10.1 Å². The molecule has 9 nitrogen and oxygen atoms in total. The molecule has 2 atom stereocenters. The minimum absolute atomic E-state index is 0.129. The highest BCUT2D eigenvalue weighted by atomic mass is 79.9. The molecule has 0 saturated heterocycles. The van der Waals surface area contributed by atoms with Crippen LogP contribution in [0.2, 0.25) is 0 Å². The Morgan fingerprint density at radius 1 is 1.34 bits per heavy atom. The lowest BCUT2D eigenvalue weighted by molar-refractivity contribution is -0.138. The van der Waals surface area contributed by atoms with Crippen molar-refractivity contribution in [2.75, 3.05) is 26.0 Å². The number of aromatic nitrogens is 5. The van der Waals surface area contributed by atoms with Gasteiger partial charge in [0.1, 0.15) is 4.60 Å². The number of carbonyl (C=O) groups excluding carboxylic acids is 1. The molecule has 1 saturated carbocycles. The summed E-state index contributed by atoms with van der Waals surface area (Å²) in [4.78, 5) is 28.2. The maximum Gasteiger partial charge on any atom is 0.228 e. The number of halogens is 1. The van der Waals surface area contributed by atoms with Crippen molar-refractivity contribution in [3.63, 3.8) is 0 Å². The molecule has 1 aliphatic carbocycles. The number of anilines is 1. The summed E-state index contributed by atoms with van der Waals surface area (Å²) >= 11 is 3.56. The Kier molecular flexibility index (Phi) is 6.18. The number of nitrogens with one attached hydrogen (secondary N) is 1. The Morgan fingerprint density at radius 2 is 2.17 bits per heavy atom. The summed E-state index contributed by atoms with van der Waals surface area (Å²) in [5.74, 6) is 0.696. The van der Waals surface area contributed by atoms with Crippen LogP contribution >= 0.6 is 15.9 Å². The topological polar surface area (TPSA) is 115 Å². The number of fused-ring (bicyclic) bond motifs is 2. The maximum absolute atomic E-state index is 12.6. The van der Waals surface area contributed by atoms with E-state index in [9.17, 15) is 4.79 Å². The SMILES string of the molecule is CN(C)C(=O)[C@]1(C)CC[C@@H](Nc2ncc3c(Br)nn(-c4cc(CCN)c5ncccc5c4)c3n2)C1. The summed E-state index contributed by atoms with van der Waals surface area (Å²) in [7, 11) is 3.62. The van der Waals surface area contributed by atoms with Crippen molar-refractivity contribution in [3.8, 4) is 5.69 Å². The zero-order valence-corrected chi connectivity index (χ0v) is 21.7. The van der Waals surface area contributed by atoms with Gasteiger partial charge >= 0.3 is 0 Å². The van der Waals surface area contributed by atoms with Gasteiger partial charge in [0, 0.05) is 43.3 Å². The second-order valence-electron chi connectivity index (χ2n) is 9.70. The van der Waals surface area contributed by atoms with E-state index in [4.69, 9.17) is 15.8 Å².